The van der Waals surface area contributed by atoms with Crippen LogP contribution in [-0.4, -0.2) is 69.9 Å². The lowest BCUT2D eigenvalue weighted by Crippen LogP contribution is -2.63. The van der Waals surface area contributed by atoms with Crippen LogP contribution in [0.4, 0.5) is 0 Å². The molecule has 0 spiro atoms. The van der Waals surface area contributed by atoms with Crippen LogP contribution in [0.25, 0.3) is 0 Å². The maximum absolute atomic E-state index is 11.4. The molecule has 0 unspecified atom stereocenters. The molecule has 7 nitrogen and oxygen atoms in total. The number of benzene rings is 2. The summed E-state index contributed by atoms with van der Waals surface area (Å²) in [7, 11) is 4.92. The summed E-state index contributed by atoms with van der Waals surface area (Å²) in [6, 6.07) is 19.7. The first-order valence-corrected chi connectivity index (χ1v) is 12.1. The zero-order valence-corrected chi connectivity index (χ0v) is 21.5. The molecule has 2 aromatic rings. The molecule has 1 aliphatic rings. The van der Waals surface area contributed by atoms with Crippen LogP contribution in [-0.2, 0) is 41.6 Å². The van der Waals surface area contributed by atoms with Crippen molar-refractivity contribution in [1.29, 1.82) is 0 Å². The summed E-state index contributed by atoms with van der Waals surface area (Å²) in [5.41, 5.74) is 1.52. The maximum atomic E-state index is 11.4. The lowest BCUT2D eigenvalue weighted by molar-refractivity contribution is -0.310. The monoisotopic (exact) mass is 488 g/mol. The van der Waals surface area contributed by atoms with Crippen LogP contribution in [0.3, 0.4) is 0 Å². The zero-order valence-electron chi connectivity index (χ0n) is 21.5. The van der Waals surface area contributed by atoms with Gasteiger partial charge in [-0.1, -0.05) is 74.5 Å². The van der Waals surface area contributed by atoms with Gasteiger partial charge in [-0.3, -0.25) is 0 Å². The van der Waals surface area contributed by atoms with Gasteiger partial charge in [0.15, 0.2) is 6.29 Å². The molecule has 1 aliphatic heterocycles. The molecule has 0 saturated carbocycles. The molecule has 0 bridgehead atoms. The molecule has 0 aliphatic carbocycles. The van der Waals surface area contributed by atoms with Crippen molar-refractivity contribution in [3.05, 3.63) is 71.8 Å². The van der Waals surface area contributed by atoms with E-state index in [9.17, 15) is 5.11 Å². The van der Waals surface area contributed by atoms with E-state index in [1.54, 1.807) is 21.3 Å². The quantitative estimate of drug-likeness (QED) is 0.428. The number of hydrogen-bond donors (Lipinski definition) is 1. The normalized spacial score (nSPS) is 25.0. The molecular formula is C28H40O7. The first-order valence-electron chi connectivity index (χ1n) is 12.1. The van der Waals surface area contributed by atoms with Gasteiger partial charge in [-0.05, 0) is 11.1 Å². The number of hydrogen-bond acceptors (Lipinski definition) is 7. The lowest BCUT2D eigenvalue weighted by Gasteiger charge is -2.51. The highest BCUT2D eigenvalue weighted by Gasteiger charge is 2.53. The van der Waals surface area contributed by atoms with Crippen LogP contribution in [0.5, 0.6) is 0 Å². The van der Waals surface area contributed by atoms with E-state index in [-0.39, 0.29) is 12.2 Å². The zero-order chi connectivity index (χ0) is 25.3. The third kappa shape index (κ3) is 7.33. The van der Waals surface area contributed by atoms with Crippen molar-refractivity contribution >= 4 is 0 Å². The van der Waals surface area contributed by atoms with Gasteiger partial charge in [0.05, 0.1) is 38.1 Å². The predicted octanol–water partition coefficient (Wildman–Crippen LogP) is 3.97. The summed E-state index contributed by atoms with van der Waals surface area (Å²) in [6.45, 7) is 5.16. The molecule has 3 rings (SSSR count). The van der Waals surface area contributed by atoms with Gasteiger partial charge >= 0.3 is 0 Å². The number of rotatable bonds is 13. The van der Waals surface area contributed by atoms with E-state index in [1.807, 2.05) is 74.5 Å². The van der Waals surface area contributed by atoms with Gasteiger partial charge in [-0.25, -0.2) is 0 Å². The average Bonchev–Trinajstić information content (AvgIpc) is 2.87. The smallest absolute Gasteiger partial charge is 0.187 e. The second-order valence-corrected chi connectivity index (χ2v) is 9.57. The number of methoxy groups -OCH3 is 3. The SMILES string of the molecule is COC[C@H](C[C@H]1O[C@H](C(OCc2ccccc2)OCc2ccccc2)[C@H](O)[C@@H](OC)C1(C)C)OC. The molecule has 194 valence electrons. The number of aliphatic hydroxyl groups excluding tert-OH is 1. The number of aliphatic hydroxyl groups is 1. The molecule has 2 aromatic carbocycles. The van der Waals surface area contributed by atoms with E-state index in [4.69, 9.17) is 28.4 Å². The van der Waals surface area contributed by atoms with Crippen molar-refractivity contribution < 1.29 is 33.5 Å². The van der Waals surface area contributed by atoms with Crippen LogP contribution < -0.4 is 0 Å². The van der Waals surface area contributed by atoms with Gasteiger partial charge in [0.25, 0.3) is 0 Å². The average molecular weight is 489 g/mol. The molecule has 7 heteroatoms. The van der Waals surface area contributed by atoms with E-state index in [0.717, 1.165) is 11.1 Å². The van der Waals surface area contributed by atoms with Crippen LogP contribution in [0.1, 0.15) is 31.4 Å². The van der Waals surface area contributed by atoms with Gasteiger partial charge in [0.1, 0.15) is 12.2 Å². The first-order chi connectivity index (χ1) is 16.9. The van der Waals surface area contributed by atoms with Gasteiger partial charge in [0.2, 0.25) is 0 Å². The van der Waals surface area contributed by atoms with E-state index in [0.29, 0.717) is 26.2 Å². The molecule has 0 radical (unpaired) electrons. The van der Waals surface area contributed by atoms with Crippen molar-refractivity contribution in [1.82, 2.24) is 0 Å². The molecule has 1 N–H and O–H groups in total. The van der Waals surface area contributed by atoms with Crippen LogP contribution in [0.2, 0.25) is 0 Å². The first kappa shape index (κ1) is 27.7. The summed E-state index contributed by atoms with van der Waals surface area (Å²) in [4.78, 5) is 0. The number of ether oxygens (including phenoxy) is 6. The van der Waals surface area contributed by atoms with Crippen LogP contribution in [0, 0.1) is 5.41 Å². The van der Waals surface area contributed by atoms with Gasteiger partial charge in [0, 0.05) is 33.2 Å². The Bertz CT molecular complexity index is 801. The molecule has 0 amide bonds. The topological polar surface area (TPSA) is 75.6 Å². The summed E-state index contributed by atoms with van der Waals surface area (Å²) in [5, 5.41) is 11.4. The van der Waals surface area contributed by atoms with Crippen LogP contribution in [0.15, 0.2) is 60.7 Å². The minimum Gasteiger partial charge on any atom is -0.387 e. The van der Waals surface area contributed by atoms with Crippen LogP contribution >= 0.6 is 0 Å². The Morgan fingerprint density at radius 2 is 1.43 bits per heavy atom. The Kier molecular flexibility index (Phi) is 10.7. The Balaban J connectivity index is 1.83. The Labute approximate surface area is 209 Å². The second kappa shape index (κ2) is 13.5. The second-order valence-electron chi connectivity index (χ2n) is 9.57. The lowest BCUT2D eigenvalue weighted by atomic mass is 9.73. The third-order valence-electron chi connectivity index (χ3n) is 6.73. The van der Waals surface area contributed by atoms with Crippen molar-refractivity contribution in [3.63, 3.8) is 0 Å². The fraction of sp³-hybridized carbons (Fsp3) is 0.571. The Morgan fingerprint density at radius 1 is 0.886 bits per heavy atom. The molecular weight excluding hydrogens is 448 g/mol. The standard InChI is InChI=1S/C28H40O7/c1-28(2)23(16-22(31-4)19-30-3)35-25(24(29)26(28)32-5)27(33-17-20-12-8-6-9-13-20)34-18-21-14-10-7-11-15-21/h6-15,22-27,29H,16-19H2,1-5H3/t22-,23+,24-,25-,26+/m0/s1. The molecule has 1 heterocycles. The highest BCUT2D eigenvalue weighted by Crippen LogP contribution is 2.42. The highest BCUT2D eigenvalue weighted by atomic mass is 16.7. The fourth-order valence-corrected chi connectivity index (χ4v) is 4.67. The predicted molar refractivity (Wildman–Crippen MR) is 133 cm³/mol. The molecule has 0 aromatic heterocycles. The van der Waals surface area contributed by atoms with E-state index < -0.39 is 30.0 Å². The molecule has 1 saturated heterocycles. The summed E-state index contributed by atoms with van der Waals surface area (Å²) >= 11 is 0. The van der Waals surface area contributed by atoms with E-state index in [1.165, 1.54) is 0 Å². The third-order valence-corrected chi connectivity index (χ3v) is 6.73. The van der Waals surface area contributed by atoms with Crippen molar-refractivity contribution in [3.8, 4) is 0 Å². The van der Waals surface area contributed by atoms with Crippen molar-refractivity contribution in [2.24, 2.45) is 5.41 Å². The van der Waals surface area contributed by atoms with Gasteiger partial charge in [-0.2, -0.15) is 0 Å². The maximum Gasteiger partial charge on any atom is 0.187 e. The van der Waals surface area contributed by atoms with Gasteiger partial charge in [-0.15, -0.1) is 0 Å². The van der Waals surface area contributed by atoms with Crippen molar-refractivity contribution in [2.45, 2.75) is 70.3 Å². The molecule has 5 atom stereocenters. The summed E-state index contributed by atoms with van der Waals surface area (Å²) in [6.07, 6.45) is -2.89. The minimum atomic E-state index is -0.953. The fourth-order valence-electron chi connectivity index (χ4n) is 4.67. The molecule has 35 heavy (non-hydrogen) atoms. The Hall–Kier alpha value is -1.84. The Morgan fingerprint density at radius 3 is 1.89 bits per heavy atom. The van der Waals surface area contributed by atoms with Crippen molar-refractivity contribution in [2.75, 3.05) is 27.9 Å². The van der Waals surface area contributed by atoms with E-state index in [2.05, 4.69) is 0 Å². The summed E-state index contributed by atoms with van der Waals surface area (Å²) in [5.74, 6) is 0. The van der Waals surface area contributed by atoms with E-state index >= 15 is 0 Å². The summed E-state index contributed by atoms with van der Waals surface area (Å²) < 4.78 is 35.8. The minimum absolute atomic E-state index is 0.161. The molecule has 1 fully saturated rings. The largest absolute Gasteiger partial charge is 0.387 e. The highest BCUT2D eigenvalue weighted by molar-refractivity contribution is 5.14. The van der Waals surface area contributed by atoms with Gasteiger partial charge < -0.3 is 33.5 Å².